The van der Waals surface area contributed by atoms with E-state index in [1.165, 1.54) is 4.68 Å². The van der Waals surface area contributed by atoms with Gasteiger partial charge in [-0.1, -0.05) is 28.1 Å². The molecular weight excluding hydrogens is 434 g/mol. The van der Waals surface area contributed by atoms with Crippen LogP contribution in [0.2, 0.25) is 0 Å². The number of pyridine rings is 1. The summed E-state index contributed by atoms with van der Waals surface area (Å²) in [5.41, 5.74) is 3.72. The minimum absolute atomic E-state index is 0.143. The number of halogens is 1. The monoisotopic (exact) mass is 453 g/mol. The number of likely N-dealkylation sites (N-methyl/N-ethyl adjacent to an activating group) is 1. The van der Waals surface area contributed by atoms with Crippen LogP contribution in [0, 0.1) is 0 Å². The second kappa shape index (κ2) is 8.16. The molecule has 7 nitrogen and oxygen atoms in total. The molecule has 0 aliphatic carbocycles. The van der Waals surface area contributed by atoms with Crippen molar-refractivity contribution < 1.29 is 9.59 Å². The number of hydrogen-bond donors (Lipinski definition) is 1. The van der Waals surface area contributed by atoms with Gasteiger partial charge < -0.3 is 10.2 Å². The fourth-order valence-electron chi connectivity index (χ4n) is 3.46. The Balaban J connectivity index is 1.45. The molecule has 0 saturated carbocycles. The number of nitrogens with one attached hydrogen (secondary N) is 1. The van der Waals surface area contributed by atoms with Gasteiger partial charge in [-0.25, -0.2) is 4.79 Å². The summed E-state index contributed by atoms with van der Waals surface area (Å²) in [5.74, 6) is -0.143. The molecule has 0 radical (unpaired) electrons. The number of aromatic nitrogens is 3. The quantitative estimate of drug-likeness (QED) is 0.660. The van der Waals surface area contributed by atoms with E-state index < -0.39 is 12.1 Å². The van der Waals surface area contributed by atoms with Crippen molar-refractivity contribution in [1.29, 1.82) is 0 Å². The van der Waals surface area contributed by atoms with Crippen LogP contribution in [0.25, 0.3) is 0 Å². The van der Waals surface area contributed by atoms with Gasteiger partial charge in [-0.2, -0.15) is 9.78 Å². The Morgan fingerprint density at radius 2 is 2.17 bits per heavy atom. The molecule has 1 atom stereocenters. The number of nitrogens with zero attached hydrogens (tertiary/aromatic N) is 4. The van der Waals surface area contributed by atoms with E-state index in [0.717, 1.165) is 27.0 Å². The van der Waals surface area contributed by atoms with Gasteiger partial charge in [0, 0.05) is 41.7 Å². The molecule has 148 valence electrons. The molecule has 2 amide bonds. The smallest absolute Gasteiger partial charge is 0.324 e. The number of hydrogen-bond acceptors (Lipinski definition) is 4. The van der Waals surface area contributed by atoms with Gasteiger partial charge in [0.05, 0.1) is 6.20 Å². The molecule has 2 aromatic heterocycles. The first kappa shape index (κ1) is 19.3. The number of anilines is 1. The van der Waals surface area contributed by atoms with E-state index in [2.05, 4.69) is 31.3 Å². The van der Waals surface area contributed by atoms with Crippen molar-refractivity contribution >= 4 is 33.6 Å². The zero-order chi connectivity index (χ0) is 20.4. The lowest BCUT2D eigenvalue weighted by molar-refractivity contribution is -0.120. The maximum atomic E-state index is 12.9. The topological polar surface area (TPSA) is 80.1 Å². The number of rotatable bonds is 3. The van der Waals surface area contributed by atoms with Crippen LogP contribution in [0.4, 0.5) is 10.5 Å². The maximum Gasteiger partial charge on any atom is 0.342 e. The summed E-state index contributed by atoms with van der Waals surface area (Å²) in [4.78, 5) is 31.4. The summed E-state index contributed by atoms with van der Waals surface area (Å²) in [6, 6.07) is 10.6. The molecule has 0 bridgehead atoms. The zero-order valence-electron chi connectivity index (χ0n) is 15.9. The van der Waals surface area contributed by atoms with E-state index in [-0.39, 0.29) is 5.91 Å². The lowest BCUT2D eigenvalue weighted by Gasteiger charge is -2.22. The SMILES string of the molecule is CN1C(=O)C(NC(=O)n2cc(Cc3ccccn3)cn2)CCc2ccc(Br)cc21. The van der Waals surface area contributed by atoms with Gasteiger partial charge in [-0.15, -0.1) is 0 Å². The van der Waals surface area contributed by atoms with E-state index in [4.69, 9.17) is 0 Å². The van der Waals surface area contributed by atoms with Crippen molar-refractivity contribution in [1.82, 2.24) is 20.1 Å². The Morgan fingerprint density at radius 3 is 2.97 bits per heavy atom. The van der Waals surface area contributed by atoms with Crippen LogP contribution in [0.5, 0.6) is 0 Å². The number of aryl methyl sites for hydroxylation is 1. The summed E-state index contributed by atoms with van der Waals surface area (Å²) >= 11 is 3.45. The first-order valence-electron chi connectivity index (χ1n) is 9.31. The van der Waals surface area contributed by atoms with Gasteiger partial charge in [-0.3, -0.25) is 9.78 Å². The Kier molecular flexibility index (Phi) is 5.44. The summed E-state index contributed by atoms with van der Waals surface area (Å²) in [7, 11) is 1.73. The van der Waals surface area contributed by atoms with Gasteiger partial charge in [0.15, 0.2) is 0 Å². The van der Waals surface area contributed by atoms with Crippen LogP contribution in [0.3, 0.4) is 0 Å². The number of carbonyl (C=O) groups excluding carboxylic acids is 2. The van der Waals surface area contributed by atoms with E-state index in [1.807, 2.05) is 36.4 Å². The number of benzene rings is 1. The predicted octanol–water partition coefficient (Wildman–Crippen LogP) is 3.17. The molecular formula is C21H20BrN5O2. The average molecular weight is 454 g/mol. The molecule has 0 spiro atoms. The van der Waals surface area contributed by atoms with Crippen LogP contribution in [-0.2, 0) is 17.6 Å². The fraction of sp³-hybridized carbons (Fsp3) is 0.238. The van der Waals surface area contributed by atoms with Gasteiger partial charge >= 0.3 is 6.03 Å². The molecule has 3 heterocycles. The second-order valence-corrected chi connectivity index (χ2v) is 7.92. The van der Waals surface area contributed by atoms with Crippen molar-refractivity contribution in [2.45, 2.75) is 25.3 Å². The number of fused-ring (bicyclic) bond motifs is 1. The summed E-state index contributed by atoms with van der Waals surface area (Å²) in [6.45, 7) is 0. The summed E-state index contributed by atoms with van der Waals surface area (Å²) in [6.07, 6.45) is 6.86. The largest absolute Gasteiger partial charge is 0.342 e. The Bertz CT molecular complexity index is 1050. The van der Waals surface area contributed by atoms with Gasteiger partial charge in [0.2, 0.25) is 5.91 Å². The van der Waals surface area contributed by atoms with Crippen LogP contribution < -0.4 is 10.2 Å². The number of carbonyl (C=O) groups is 2. The molecule has 0 fully saturated rings. The third-order valence-electron chi connectivity index (χ3n) is 4.99. The predicted molar refractivity (Wildman–Crippen MR) is 113 cm³/mol. The summed E-state index contributed by atoms with van der Waals surface area (Å²) in [5, 5.41) is 6.97. The zero-order valence-corrected chi connectivity index (χ0v) is 17.5. The normalized spacial score (nSPS) is 16.3. The van der Waals surface area contributed by atoms with Crippen molar-refractivity contribution in [3.05, 3.63) is 76.3 Å². The Labute approximate surface area is 176 Å². The van der Waals surface area contributed by atoms with E-state index in [1.54, 1.807) is 30.5 Å². The minimum atomic E-state index is -0.609. The van der Waals surface area contributed by atoms with Crippen LogP contribution in [0.1, 0.15) is 23.2 Å². The van der Waals surface area contributed by atoms with E-state index in [9.17, 15) is 9.59 Å². The molecule has 1 aliphatic heterocycles. The third kappa shape index (κ3) is 4.22. The highest BCUT2D eigenvalue weighted by atomic mass is 79.9. The third-order valence-corrected chi connectivity index (χ3v) is 5.49. The van der Waals surface area contributed by atoms with Crippen LogP contribution in [-0.4, -0.2) is 39.8 Å². The maximum absolute atomic E-state index is 12.9. The average Bonchev–Trinajstić information content (AvgIpc) is 3.16. The highest BCUT2D eigenvalue weighted by Gasteiger charge is 2.29. The highest BCUT2D eigenvalue weighted by molar-refractivity contribution is 9.10. The van der Waals surface area contributed by atoms with E-state index >= 15 is 0 Å². The molecule has 1 aromatic carbocycles. The van der Waals surface area contributed by atoms with Crippen molar-refractivity contribution in [2.24, 2.45) is 0 Å². The molecule has 1 aliphatic rings. The lowest BCUT2D eigenvalue weighted by Crippen LogP contribution is -2.48. The van der Waals surface area contributed by atoms with Crippen LogP contribution >= 0.6 is 15.9 Å². The molecule has 1 unspecified atom stereocenters. The fourth-order valence-corrected chi connectivity index (χ4v) is 3.81. The van der Waals surface area contributed by atoms with Crippen LogP contribution in [0.15, 0.2) is 59.5 Å². The second-order valence-electron chi connectivity index (χ2n) is 7.00. The summed E-state index contributed by atoms with van der Waals surface area (Å²) < 4.78 is 2.15. The Morgan fingerprint density at radius 1 is 1.31 bits per heavy atom. The van der Waals surface area contributed by atoms with Gasteiger partial charge in [-0.05, 0) is 48.2 Å². The molecule has 3 aromatic rings. The molecule has 29 heavy (non-hydrogen) atoms. The lowest BCUT2D eigenvalue weighted by atomic mass is 10.1. The van der Waals surface area contributed by atoms with Crippen molar-refractivity contribution in [3.8, 4) is 0 Å². The first-order valence-corrected chi connectivity index (χ1v) is 10.1. The molecule has 8 heteroatoms. The molecule has 0 saturated heterocycles. The highest BCUT2D eigenvalue weighted by Crippen LogP contribution is 2.29. The molecule has 1 N–H and O–H groups in total. The van der Waals surface area contributed by atoms with Crippen molar-refractivity contribution in [3.63, 3.8) is 0 Å². The van der Waals surface area contributed by atoms with Crippen molar-refractivity contribution in [2.75, 3.05) is 11.9 Å². The van der Waals surface area contributed by atoms with E-state index in [0.29, 0.717) is 19.3 Å². The standard InChI is InChI=1S/C21H20BrN5O2/c1-26-19-11-16(22)7-5-15(19)6-8-18(20(26)28)25-21(29)27-13-14(12-24-27)10-17-4-2-3-9-23-17/h2-5,7,9,11-13,18H,6,8,10H2,1H3,(H,25,29). The number of amides is 2. The first-order chi connectivity index (χ1) is 14.0. The Hall–Kier alpha value is -3.00. The minimum Gasteiger partial charge on any atom is -0.324 e. The van der Waals surface area contributed by atoms with Gasteiger partial charge in [0.1, 0.15) is 6.04 Å². The van der Waals surface area contributed by atoms with Gasteiger partial charge in [0.25, 0.3) is 0 Å². The molecule has 4 rings (SSSR count).